The third-order valence-electron chi connectivity index (χ3n) is 2.91. The van der Waals surface area contributed by atoms with Gasteiger partial charge >= 0.3 is 0 Å². The van der Waals surface area contributed by atoms with Crippen LogP contribution in [-0.2, 0) is 4.79 Å². The molecule has 0 bridgehead atoms. The summed E-state index contributed by atoms with van der Waals surface area (Å²) in [6.45, 7) is 11.4. The van der Waals surface area contributed by atoms with E-state index in [-0.39, 0.29) is 24.6 Å². The molecule has 0 saturated heterocycles. The summed E-state index contributed by atoms with van der Waals surface area (Å²) in [4.78, 5) is 13.8. The number of rotatable bonds is 7. The number of hydrogen-bond donors (Lipinski definition) is 2. The van der Waals surface area contributed by atoms with Crippen LogP contribution in [0.2, 0.25) is 0 Å². The van der Waals surface area contributed by atoms with E-state index in [1.165, 1.54) is 0 Å². The second-order valence-corrected chi connectivity index (χ2v) is 4.43. The summed E-state index contributed by atoms with van der Waals surface area (Å²) < 4.78 is 0. The molecule has 0 rings (SSSR count). The molecule has 4 heteroatoms. The zero-order valence-electron chi connectivity index (χ0n) is 11.2. The number of aliphatic hydroxyl groups is 1. The fraction of sp³-hybridized carbons (Fsp3) is 0.917. The van der Waals surface area contributed by atoms with Crippen LogP contribution in [0.3, 0.4) is 0 Å². The molecule has 0 heterocycles. The third-order valence-corrected chi connectivity index (χ3v) is 2.91. The lowest BCUT2D eigenvalue weighted by molar-refractivity contribution is -0.133. The smallest absolute Gasteiger partial charge is 0.239 e. The average Bonchev–Trinajstić information content (AvgIpc) is 2.26. The van der Waals surface area contributed by atoms with Gasteiger partial charge in [0.2, 0.25) is 5.91 Å². The summed E-state index contributed by atoms with van der Waals surface area (Å²) in [5, 5.41) is 12.4. The predicted molar refractivity (Wildman–Crippen MR) is 66.2 cm³/mol. The van der Waals surface area contributed by atoms with E-state index in [2.05, 4.69) is 5.32 Å². The Bertz CT molecular complexity index is 203. The van der Waals surface area contributed by atoms with Crippen LogP contribution in [0.4, 0.5) is 0 Å². The van der Waals surface area contributed by atoms with Gasteiger partial charge in [0.1, 0.15) is 0 Å². The molecule has 0 aliphatic rings. The molecule has 0 aliphatic carbocycles. The van der Waals surface area contributed by atoms with E-state index in [4.69, 9.17) is 0 Å². The number of amides is 1. The first-order valence-corrected chi connectivity index (χ1v) is 6.13. The first-order valence-electron chi connectivity index (χ1n) is 6.13. The summed E-state index contributed by atoms with van der Waals surface area (Å²) in [6, 6.07) is -0.256. The van der Waals surface area contributed by atoms with Gasteiger partial charge in [-0.1, -0.05) is 13.8 Å². The molecule has 0 spiro atoms. The van der Waals surface area contributed by atoms with Crippen LogP contribution in [-0.4, -0.2) is 47.7 Å². The van der Waals surface area contributed by atoms with Gasteiger partial charge < -0.3 is 15.3 Å². The molecule has 0 aromatic heterocycles. The number of likely N-dealkylation sites (N-methyl/N-ethyl adjacent to an activating group) is 1. The Morgan fingerprint density at radius 1 is 1.25 bits per heavy atom. The van der Waals surface area contributed by atoms with Crippen molar-refractivity contribution < 1.29 is 9.90 Å². The lowest BCUT2D eigenvalue weighted by atomic mass is 10.0. The van der Waals surface area contributed by atoms with Crippen molar-refractivity contribution in [2.75, 3.05) is 19.7 Å². The Kier molecular flexibility index (Phi) is 7.34. The molecule has 0 radical (unpaired) electrons. The normalized spacial score (nSPS) is 14.9. The Morgan fingerprint density at radius 3 is 2.06 bits per heavy atom. The lowest BCUT2D eigenvalue weighted by Crippen LogP contribution is -2.50. The van der Waals surface area contributed by atoms with Crippen molar-refractivity contribution in [1.29, 1.82) is 0 Å². The molecule has 16 heavy (non-hydrogen) atoms. The Morgan fingerprint density at radius 2 is 1.75 bits per heavy atom. The highest BCUT2D eigenvalue weighted by molar-refractivity contribution is 5.81. The topological polar surface area (TPSA) is 52.6 Å². The first kappa shape index (κ1) is 15.4. The fourth-order valence-corrected chi connectivity index (χ4v) is 1.66. The van der Waals surface area contributed by atoms with Crippen molar-refractivity contribution in [2.45, 2.75) is 46.7 Å². The maximum absolute atomic E-state index is 12.0. The van der Waals surface area contributed by atoms with Crippen LogP contribution in [0.1, 0.15) is 34.6 Å². The first-order chi connectivity index (χ1) is 7.47. The number of carbonyl (C=O) groups is 1. The van der Waals surface area contributed by atoms with Gasteiger partial charge in [0.05, 0.1) is 12.6 Å². The van der Waals surface area contributed by atoms with Gasteiger partial charge in [0.15, 0.2) is 0 Å². The molecule has 2 N–H and O–H groups in total. The van der Waals surface area contributed by atoms with Crippen LogP contribution in [0.25, 0.3) is 0 Å². The van der Waals surface area contributed by atoms with Crippen LogP contribution < -0.4 is 5.32 Å². The monoisotopic (exact) mass is 230 g/mol. The van der Waals surface area contributed by atoms with Crippen molar-refractivity contribution in [3.63, 3.8) is 0 Å². The van der Waals surface area contributed by atoms with Crippen molar-refractivity contribution in [1.82, 2.24) is 10.2 Å². The highest BCUT2D eigenvalue weighted by Crippen LogP contribution is 2.03. The van der Waals surface area contributed by atoms with Crippen LogP contribution in [0.5, 0.6) is 0 Å². The maximum atomic E-state index is 12.0. The van der Waals surface area contributed by atoms with Crippen molar-refractivity contribution in [3.8, 4) is 0 Å². The van der Waals surface area contributed by atoms with Crippen LogP contribution >= 0.6 is 0 Å². The van der Waals surface area contributed by atoms with Gasteiger partial charge in [-0.2, -0.15) is 0 Å². The molecule has 4 nitrogen and oxygen atoms in total. The Labute approximate surface area is 99.0 Å². The zero-order valence-corrected chi connectivity index (χ0v) is 11.2. The second-order valence-electron chi connectivity index (χ2n) is 4.43. The molecular weight excluding hydrogens is 204 g/mol. The van der Waals surface area contributed by atoms with Crippen LogP contribution in [0, 0.1) is 5.92 Å². The van der Waals surface area contributed by atoms with Gasteiger partial charge in [-0.15, -0.1) is 0 Å². The molecule has 0 aromatic rings. The minimum absolute atomic E-state index is 0.0190. The van der Waals surface area contributed by atoms with E-state index in [9.17, 15) is 9.90 Å². The number of nitrogens with one attached hydrogen (secondary N) is 1. The summed E-state index contributed by atoms with van der Waals surface area (Å²) in [5.41, 5.74) is 0. The second kappa shape index (κ2) is 7.63. The molecule has 0 fully saturated rings. The number of nitrogens with zero attached hydrogens (tertiary/aromatic N) is 1. The third kappa shape index (κ3) is 4.49. The van der Waals surface area contributed by atoms with E-state index >= 15 is 0 Å². The molecule has 96 valence electrons. The summed E-state index contributed by atoms with van der Waals surface area (Å²) in [5.74, 6) is 0.418. The summed E-state index contributed by atoms with van der Waals surface area (Å²) in [7, 11) is 0. The minimum Gasteiger partial charge on any atom is -0.395 e. The largest absolute Gasteiger partial charge is 0.395 e. The lowest BCUT2D eigenvalue weighted by Gasteiger charge is -2.28. The zero-order chi connectivity index (χ0) is 12.7. The Balaban J connectivity index is 4.32. The summed E-state index contributed by atoms with van der Waals surface area (Å²) in [6.07, 6.45) is 0. The van der Waals surface area contributed by atoms with Gasteiger partial charge in [0.25, 0.3) is 0 Å². The van der Waals surface area contributed by atoms with Gasteiger partial charge in [-0.25, -0.2) is 0 Å². The standard InChI is InChI=1S/C12H26N2O2/c1-6-14(7-2)12(16)10(5)13-11(8-15)9(3)4/h9-11,13,15H,6-8H2,1-5H3. The summed E-state index contributed by atoms with van der Waals surface area (Å²) >= 11 is 0. The van der Waals surface area contributed by atoms with E-state index in [1.807, 2.05) is 34.6 Å². The van der Waals surface area contributed by atoms with E-state index in [1.54, 1.807) is 4.90 Å². The van der Waals surface area contributed by atoms with Crippen molar-refractivity contribution >= 4 is 5.91 Å². The molecule has 1 amide bonds. The number of aliphatic hydroxyl groups excluding tert-OH is 1. The van der Waals surface area contributed by atoms with Crippen molar-refractivity contribution in [3.05, 3.63) is 0 Å². The molecule has 0 saturated carbocycles. The SMILES string of the molecule is CCN(CC)C(=O)C(C)NC(CO)C(C)C. The predicted octanol–water partition coefficient (Wildman–Crippen LogP) is 0.850. The molecule has 2 unspecified atom stereocenters. The minimum atomic E-state index is -0.237. The molecule has 2 atom stereocenters. The molecule has 0 aromatic carbocycles. The van der Waals surface area contributed by atoms with Gasteiger partial charge in [-0.05, 0) is 26.7 Å². The van der Waals surface area contributed by atoms with E-state index in [0.717, 1.165) is 13.1 Å². The highest BCUT2D eigenvalue weighted by atomic mass is 16.3. The van der Waals surface area contributed by atoms with Crippen molar-refractivity contribution in [2.24, 2.45) is 5.92 Å². The number of hydrogen-bond acceptors (Lipinski definition) is 3. The Hall–Kier alpha value is -0.610. The molecule has 0 aliphatic heterocycles. The average molecular weight is 230 g/mol. The van der Waals surface area contributed by atoms with E-state index in [0.29, 0.717) is 5.92 Å². The highest BCUT2D eigenvalue weighted by Gasteiger charge is 2.22. The maximum Gasteiger partial charge on any atom is 0.239 e. The number of carbonyl (C=O) groups excluding carboxylic acids is 1. The van der Waals surface area contributed by atoms with E-state index < -0.39 is 0 Å². The van der Waals surface area contributed by atoms with Crippen LogP contribution in [0.15, 0.2) is 0 Å². The molecular formula is C12H26N2O2. The van der Waals surface area contributed by atoms with Gasteiger partial charge in [0, 0.05) is 19.1 Å². The van der Waals surface area contributed by atoms with Gasteiger partial charge in [-0.3, -0.25) is 4.79 Å². The quantitative estimate of drug-likeness (QED) is 0.682. The fourth-order valence-electron chi connectivity index (χ4n) is 1.66.